The summed E-state index contributed by atoms with van der Waals surface area (Å²) in [5.41, 5.74) is 6.18. The minimum absolute atomic E-state index is 0. The fraction of sp³-hybridized carbons (Fsp3) is 0.322. The summed E-state index contributed by atoms with van der Waals surface area (Å²) in [6.45, 7) is 2.71. The zero-order valence-electron chi connectivity index (χ0n) is 42.1. The van der Waals surface area contributed by atoms with Gasteiger partial charge in [0.1, 0.15) is 12.1 Å². The number of methoxy groups -OCH3 is 1. The second kappa shape index (κ2) is 29.2. The number of carboxylic acid groups (broad SMARTS) is 1. The second-order valence-electron chi connectivity index (χ2n) is 18.3. The number of carbonyl (C=O) groups is 4. The average molecular weight is 969 g/mol. The van der Waals surface area contributed by atoms with Crippen molar-refractivity contribution < 1.29 is 58.8 Å². The Morgan fingerprint density at radius 1 is 0.528 bits per heavy atom. The number of amides is 2. The smallest absolute Gasteiger partial charge is 0.870 e. The Morgan fingerprint density at radius 3 is 1.12 bits per heavy atom. The third-order valence-electron chi connectivity index (χ3n) is 13.9. The van der Waals surface area contributed by atoms with Gasteiger partial charge in [0, 0.05) is 38.3 Å². The molecule has 0 spiro atoms. The largest absolute Gasteiger partial charge is 1.00 e. The summed E-state index contributed by atoms with van der Waals surface area (Å²) in [6, 6.07) is 58.5. The molecule has 0 unspecified atom stereocenters. The molecular weight excluding hydrogens is 900 g/mol. The Hall–Kier alpha value is -6.36. The minimum Gasteiger partial charge on any atom is -0.870 e. The van der Waals surface area contributed by atoms with Gasteiger partial charge in [-0.1, -0.05) is 182 Å². The first-order valence-corrected chi connectivity index (χ1v) is 24.2. The second-order valence-corrected chi connectivity index (χ2v) is 18.3. The van der Waals surface area contributed by atoms with Crippen molar-refractivity contribution in [2.24, 2.45) is 0 Å². The number of likely N-dealkylation sites (N-methyl/N-ethyl adjacent to an activating group) is 2. The van der Waals surface area contributed by atoms with E-state index in [0.717, 1.165) is 61.0 Å². The molecule has 72 heavy (non-hydrogen) atoms. The summed E-state index contributed by atoms with van der Waals surface area (Å²) in [7, 11) is 5.57. The van der Waals surface area contributed by atoms with Crippen LogP contribution in [-0.4, -0.2) is 131 Å². The van der Waals surface area contributed by atoms with Gasteiger partial charge in [-0.15, -0.1) is 0 Å². The first-order valence-electron chi connectivity index (χ1n) is 24.2. The molecule has 374 valence electrons. The van der Waals surface area contributed by atoms with Crippen LogP contribution in [0.4, 0.5) is 0 Å². The molecule has 2 amide bonds. The predicted molar refractivity (Wildman–Crippen MR) is 277 cm³/mol. The number of ether oxygens (including phenoxy) is 1. The minimum atomic E-state index is -0.936. The van der Waals surface area contributed by atoms with E-state index in [1.165, 1.54) is 18.2 Å². The van der Waals surface area contributed by atoms with Crippen molar-refractivity contribution in [1.82, 2.24) is 19.6 Å². The number of carboxylic acids is 1. The van der Waals surface area contributed by atoms with Crippen molar-refractivity contribution in [3.8, 4) is 0 Å². The number of nitrogens with zero attached hydrogens (tertiary/aromatic N) is 4. The molecule has 6 aromatic carbocycles. The fourth-order valence-electron chi connectivity index (χ4n) is 9.95. The molecule has 2 heterocycles. The Balaban J connectivity index is 0.000000300. The van der Waals surface area contributed by atoms with Crippen LogP contribution in [0.2, 0.25) is 0 Å². The number of esters is 1. The van der Waals surface area contributed by atoms with Crippen LogP contribution in [0.1, 0.15) is 70.9 Å². The molecule has 4 atom stereocenters. The van der Waals surface area contributed by atoms with Crippen LogP contribution in [0.25, 0.3) is 0 Å². The molecule has 0 radical (unpaired) electrons. The summed E-state index contributed by atoms with van der Waals surface area (Å²) in [4.78, 5) is 61.0. The van der Waals surface area contributed by atoms with Gasteiger partial charge >= 0.3 is 30.8 Å². The van der Waals surface area contributed by atoms with Gasteiger partial charge in [-0.2, -0.15) is 0 Å². The Kier molecular flexibility index (Phi) is 23.6. The van der Waals surface area contributed by atoms with Crippen molar-refractivity contribution in [2.45, 2.75) is 74.5 Å². The Labute approximate surface area is 437 Å². The molecule has 0 aliphatic carbocycles. The predicted octanol–water partition coefficient (Wildman–Crippen LogP) is 4.97. The van der Waals surface area contributed by atoms with E-state index < -0.39 is 29.9 Å². The number of rotatable bonds is 16. The first-order chi connectivity index (χ1) is 33.6. The van der Waals surface area contributed by atoms with Crippen LogP contribution >= 0.6 is 0 Å². The molecule has 0 saturated carbocycles. The molecular formula is C59H69LiN4O8. The summed E-state index contributed by atoms with van der Waals surface area (Å²) in [5.74, 6) is -2.46. The van der Waals surface area contributed by atoms with Gasteiger partial charge in [-0.3, -0.25) is 9.59 Å². The monoisotopic (exact) mass is 969 g/mol. The average Bonchev–Trinajstić information content (AvgIpc) is 3.41. The zero-order valence-corrected chi connectivity index (χ0v) is 42.1. The van der Waals surface area contributed by atoms with Crippen molar-refractivity contribution >= 4 is 23.8 Å². The first kappa shape index (κ1) is 58.2. The molecule has 2 saturated heterocycles. The number of hydrogen-bond acceptors (Lipinski definition) is 8. The van der Waals surface area contributed by atoms with Crippen molar-refractivity contribution in [1.29, 1.82) is 0 Å². The summed E-state index contributed by atoms with van der Waals surface area (Å²) >= 11 is 0. The Morgan fingerprint density at radius 2 is 0.819 bits per heavy atom. The maximum Gasteiger partial charge on any atom is 1.00 e. The van der Waals surface area contributed by atoms with Gasteiger partial charge in [-0.05, 0) is 86.0 Å². The molecule has 13 heteroatoms. The van der Waals surface area contributed by atoms with E-state index in [4.69, 9.17) is 4.74 Å². The normalized spacial score (nSPS) is 17.4. The number of carbonyl (C=O) groups excluding carboxylic acids is 3. The van der Waals surface area contributed by atoms with Gasteiger partial charge in [0.2, 0.25) is 11.8 Å². The number of benzene rings is 6. The van der Waals surface area contributed by atoms with E-state index in [9.17, 15) is 24.3 Å². The van der Waals surface area contributed by atoms with Crippen LogP contribution in [0, 0.1) is 0 Å². The molecule has 6 aromatic rings. The number of piperidine rings is 2. The summed E-state index contributed by atoms with van der Waals surface area (Å²) in [5, 5.41) is 10.1. The van der Waals surface area contributed by atoms with Gasteiger partial charge in [-0.25, -0.2) is 9.59 Å². The van der Waals surface area contributed by atoms with E-state index in [0.29, 0.717) is 25.9 Å². The van der Waals surface area contributed by atoms with Crippen molar-refractivity contribution in [2.75, 3.05) is 47.4 Å². The van der Waals surface area contributed by atoms with Crippen LogP contribution in [0.3, 0.4) is 0 Å². The topological polar surface area (TPSA) is 172 Å². The van der Waals surface area contributed by atoms with E-state index in [2.05, 4.69) is 60.3 Å². The van der Waals surface area contributed by atoms with Gasteiger partial charge in [0.05, 0.1) is 18.9 Å². The van der Waals surface area contributed by atoms with Crippen LogP contribution in [-0.2, 0) is 36.8 Å². The number of hydrogen-bond donors (Lipinski definition) is 1. The van der Waals surface area contributed by atoms with E-state index in [1.807, 2.05) is 146 Å². The molecule has 2 aliphatic heterocycles. The van der Waals surface area contributed by atoms with E-state index >= 15 is 0 Å². The molecule has 12 nitrogen and oxygen atoms in total. The van der Waals surface area contributed by atoms with Crippen LogP contribution in [0.5, 0.6) is 0 Å². The molecule has 0 aromatic heterocycles. The van der Waals surface area contributed by atoms with E-state index in [1.54, 1.807) is 9.80 Å². The van der Waals surface area contributed by atoms with Gasteiger partial charge < -0.3 is 40.4 Å². The van der Waals surface area contributed by atoms with E-state index in [-0.39, 0.29) is 59.7 Å². The van der Waals surface area contributed by atoms with Crippen molar-refractivity contribution in [3.63, 3.8) is 0 Å². The number of aliphatic carboxylic acids is 1. The number of likely N-dealkylation sites (tertiary alicyclic amines) is 2. The third kappa shape index (κ3) is 15.3. The zero-order chi connectivity index (χ0) is 48.5. The standard InChI is InChI=1S/C30H34N2O3.C29H32N2O3.Li.2H2O/c1-31(20-18-23-12-6-3-7-13-23)26-19-21-32(27(22-26)30(34)35-2)29(33)28(24-14-8-4-9-15-24)25-16-10-5-11-17-25;1-30(19-17-22-11-5-2-6-12-22)25-18-20-31(26(21-25)29(33)34)28(32)27(23-13-7-3-8-14-23)24-15-9-4-10-16-24;;;/h3-17,26-28H,18-22H2,1-2H3;2-16,25-27H,17-21H2,1H3,(H,33,34);;2*1H2/q;;+1;;/p-1/t26-,27-;25-,26-;;;/m00.../s1. The van der Waals surface area contributed by atoms with Crippen LogP contribution in [0.15, 0.2) is 182 Å². The van der Waals surface area contributed by atoms with Crippen molar-refractivity contribution in [3.05, 3.63) is 215 Å². The molecule has 0 bridgehead atoms. The summed E-state index contributed by atoms with van der Waals surface area (Å²) in [6.07, 6.45) is 4.45. The maximum atomic E-state index is 14.0. The Bertz CT molecular complexity index is 2450. The maximum absolute atomic E-state index is 14.0. The van der Waals surface area contributed by atoms with Gasteiger partial charge in [0.25, 0.3) is 0 Å². The quantitative estimate of drug-likeness (QED) is 0.104. The molecule has 2 fully saturated rings. The molecule has 4 N–H and O–H groups in total. The SMILES string of the molecule is CN(CCc1ccccc1)[C@H]1CCN(C(=O)C(c2ccccc2)c2ccccc2)[C@H](C(=O)O)C1.COC(=O)[C@@H]1C[C@@H](N(C)CCc2ccccc2)CCN1C(=O)C(c1ccccc1)c1ccccc1.O.[Li+].[OH-]. The molecule has 8 rings (SSSR count). The fourth-order valence-corrected chi connectivity index (χ4v) is 9.95. The molecule has 2 aliphatic rings. The summed E-state index contributed by atoms with van der Waals surface area (Å²) < 4.78 is 5.17. The van der Waals surface area contributed by atoms with Crippen LogP contribution < -0.4 is 18.9 Å². The third-order valence-corrected chi connectivity index (χ3v) is 13.9. The van der Waals surface area contributed by atoms with Gasteiger partial charge in [0.15, 0.2) is 0 Å².